The summed E-state index contributed by atoms with van der Waals surface area (Å²) in [6.45, 7) is 8.81. The first-order valence-corrected chi connectivity index (χ1v) is 10.3. The second-order valence-electron chi connectivity index (χ2n) is 7.64. The lowest BCUT2D eigenvalue weighted by Crippen LogP contribution is -2.67. The lowest BCUT2D eigenvalue weighted by molar-refractivity contribution is 0.0548. The summed E-state index contributed by atoms with van der Waals surface area (Å²) in [5.74, 6) is -1.05. The third-order valence-corrected chi connectivity index (χ3v) is 9.79. The van der Waals surface area contributed by atoms with E-state index >= 15 is 0 Å². The molecule has 3 nitrogen and oxygen atoms in total. The van der Waals surface area contributed by atoms with Gasteiger partial charge in [-0.2, -0.15) is 0 Å². The molecule has 2 aromatic carbocycles. The molecule has 0 aliphatic carbocycles. The number of hydrogen-bond acceptors (Lipinski definition) is 3. The second kappa shape index (κ2) is 6.12. The van der Waals surface area contributed by atoms with E-state index in [1.807, 2.05) is 12.1 Å². The minimum Gasteiger partial charge on any atom is -0.405 e. The van der Waals surface area contributed by atoms with Crippen molar-refractivity contribution in [2.75, 3.05) is 6.61 Å². The second-order valence-corrected chi connectivity index (χ2v) is 11.9. The zero-order valence-electron chi connectivity index (χ0n) is 14.8. The van der Waals surface area contributed by atoms with E-state index in [-0.39, 0.29) is 11.1 Å². The summed E-state index contributed by atoms with van der Waals surface area (Å²) in [5.41, 5.74) is 0. The molecule has 0 amide bonds. The smallest absolute Gasteiger partial charge is 0.261 e. The van der Waals surface area contributed by atoms with Crippen LogP contribution in [0.15, 0.2) is 60.7 Å². The molecule has 0 radical (unpaired) electrons. The third-order valence-electron chi connectivity index (χ3n) is 4.79. The first-order chi connectivity index (χ1) is 11.3. The van der Waals surface area contributed by atoms with Crippen LogP contribution >= 0.6 is 0 Å². The summed E-state index contributed by atoms with van der Waals surface area (Å²) in [4.78, 5) is 0. The molecule has 2 aromatic rings. The number of rotatable bonds is 5. The summed E-state index contributed by atoms with van der Waals surface area (Å²) in [6.07, 6.45) is -0.251. The molecule has 0 bridgehead atoms. The van der Waals surface area contributed by atoms with Gasteiger partial charge in [0, 0.05) is 0 Å². The average molecular weight is 343 g/mol. The van der Waals surface area contributed by atoms with Crippen molar-refractivity contribution in [1.82, 2.24) is 0 Å². The molecule has 24 heavy (non-hydrogen) atoms. The van der Waals surface area contributed by atoms with Gasteiger partial charge in [0.1, 0.15) is 6.10 Å². The summed E-state index contributed by atoms with van der Waals surface area (Å²) >= 11 is 0. The maximum Gasteiger partial charge on any atom is 0.261 e. The maximum atomic E-state index is 9.95. The first-order valence-electron chi connectivity index (χ1n) is 8.42. The van der Waals surface area contributed by atoms with E-state index in [0.29, 0.717) is 6.61 Å². The minimum atomic E-state index is -2.53. The highest BCUT2D eigenvalue weighted by Gasteiger charge is 2.55. The zero-order valence-corrected chi connectivity index (χ0v) is 15.8. The quantitative estimate of drug-likeness (QED) is 0.671. The first kappa shape index (κ1) is 17.4. The Labute approximate surface area is 145 Å². The van der Waals surface area contributed by atoms with Crippen LogP contribution in [0.3, 0.4) is 0 Å². The van der Waals surface area contributed by atoms with Crippen LogP contribution in [0.4, 0.5) is 0 Å². The van der Waals surface area contributed by atoms with Crippen LogP contribution in [0, 0.1) is 0 Å². The zero-order chi connectivity index (χ0) is 17.4. The van der Waals surface area contributed by atoms with Crippen molar-refractivity contribution >= 4 is 18.7 Å². The molecule has 3 rings (SSSR count). The average Bonchev–Trinajstić information content (AvgIpc) is 3.16. The van der Waals surface area contributed by atoms with Gasteiger partial charge in [-0.15, -0.1) is 0 Å². The van der Waals surface area contributed by atoms with Gasteiger partial charge >= 0.3 is 0 Å². The fraction of sp³-hybridized carbons (Fsp3) is 0.400. The van der Waals surface area contributed by atoms with Crippen molar-refractivity contribution < 1.29 is 14.3 Å². The Hall–Kier alpha value is -1.46. The van der Waals surface area contributed by atoms with Gasteiger partial charge in [-0.05, 0) is 22.3 Å². The molecule has 1 aliphatic rings. The highest BCUT2D eigenvalue weighted by atomic mass is 28.4. The largest absolute Gasteiger partial charge is 0.405 e. The Balaban J connectivity index is 2.07. The van der Waals surface area contributed by atoms with E-state index in [0.717, 1.165) is 0 Å². The Kier molecular flexibility index (Phi) is 4.42. The molecule has 1 heterocycles. The number of ether oxygens (including phenoxy) is 1. The summed E-state index contributed by atoms with van der Waals surface area (Å²) in [7, 11) is -2.53. The highest BCUT2D eigenvalue weighted by Crippen LogP contribution is 2.39. The van der Waals surface area contributed by atoms with Crippen LogP contribution in [0.5, 0.6) is 0 Å². The van der Waals surface area contributed by atoms with Gasteiger partial charge in [0.2, 0.25) is 0 Å². The summed E-state index contributed by atoms with van der Waals surface area (Å²) in [5, 5.41) is 12.4. The lowest BCUT2D eigenvalue weighted by Gasteiger charge is -2.43. The van der Waals surface area contributed by atoms with Crippen molar-refractivity contribution in [3.63, 3.8) is 0 Å². The summed E-state index contributed by atoms with van der Waals surface area (Å²) in [6, 6.07) is 21.0. The molecule has 0 saturated carbocycles. The molecule has 1 saturated heterocycles. The highest BCUT2D eigenvalue weighted by molar-refractivity contribution is 6.99. The Bertz CT molecular complexity index is 638. The number of hydrogen-bond donors (Lipinski definition) is 1. The van der Waals surface area contributed by atoms with Gasteiger partial charge in [0.25, 0.3) is 8.32 Å². The molecule has 1 fully saturated rings. The van der Waals surface area contributed by atoms with Crippen LogP contribution in [0.1, 0.15) is 27.7 Å². The standard InChI is InChI=1S/C20H26O3Si/c1-19(2,3)24(16-11-7-5-8-12-16,17-13-9-6-10-14-17)22-15-18-20(4,21)23-18/h5-14,18,21H,15H2,1-4H3/t18-,20+/m0/s1. The Morgan fingerprint density at radius 2 is 1.42 bits per heavy atom. The molecule has 0 spiro atoms. The molecule has 128 valence electrons. The fourth-order valence-corrected chi connectivity index (χ4v) is 7.96. The van der Waals surface area contributed by atoms with Crippen LogP contribution in [0.25, 0.3) is 0 Å². The van der Waals surface area contributed by atoms with E-state index in [1.165, 1.54) is 10.4 Å². The van der Waals surface area contributed by atoms with Crippen molar-refractivity contribution in [2.45, 2.75) is 44.6 Å². The van der Waals surface area contributed by atoms with E-state index in [2.05, 4.69) is 69.3 Å². The fourth-order valence-electron chi connectivity index (χ4n) is 3.40. The number of aliphatic hydroxyl groups is 1. The predicted molar refractivity (Wildman–Crippen MR) is 99.1 cm³/mol. The Morgan fingerprint density at radius 3 is 1.75 bits per heavy atom. The normalized spacial score (nSPS) is 24.0. The van der Waals surface area contributed by atoms with Gasteiger partial charge < -0.3 is 14.3 Å². The Morgan fingerprint density at radius 1 is 1.00 bits per heavy atom. The lowest BCUT2D eigenvalue weighted by atomic mass is 10.2. The van der Waals surface area contributed by atoms with Crippen molar-refractivity contribution in [2.24, 2.45) is 0 Å². The maximum absolute atomic E-state index is 9.95. The molecule has 4 heteroatoms. The van der Waals surface area contributed by atoms with Crippen molar-refractivity contribution in [1.29, 1.82) is 0 Å². The van der Waals surface area contributed by atoms with E-state index < -0.39 is 14.1 Å². The molecular formula is C20H26O3Si. The molecule has 0 aromatic heterocycles. The van der Waals surface area contributed by atoms with Crippen molar-refractivity contribution in [3.05, 3.63) is 60.7 Å². The minimum absolute atomic E-state index is 0.0591. The van der Waals surface area contributed by atoms with Gasteiger partial charge in [-0.25, -0.2) is 0 Å². The van der Waals surface area contributed by atoms with E-state index in [1.54, 1.807) is 6.92 Å². The van der Waals surface area contributed by atoms with Crippen LogP contribution in [0.2, 0.25) is 5.04 Å². The molecule has 0 unspecified atom stereocenters. The van der Waals surface area contributed by atoms with Crippen LogP contribution < -0.4 is 10.4 Å². The monoisotopic (exact) mass is 342 g/mol. The van der Waals surface area contributed by atoms with Gasteiger partial charge in [0.05, 0.1) is 6.61 Å². The van der Waals surface area contributed by atoms with E-state index in [4.69, 9.17) is 9.16 Å². The topological polar surface area (TPSA) is 42.0 Å². The van der Waals surface area contributed by atoms with Gasteiger partial charge in [0.15, 0.2) is 5.79 Å². The molecule has 1 aliphatic heterocycles. The summed E-state index contributed by atoms with van der Waals surface area (Å²) < 4.78 is 12.0. The van der Waals surface area contributed by atoms with Crippen LogP contribution in [-0.2, 0) is 9.16 Å². The third kappa shape index (κ3) is 3.07. The number of epoxide rings is 1. The van der Waals surface area contributed by atoms with Crippen LogP contribution in [-0.4, -0.2) is 31.9 Å². The molecule has 2 atom stereocenters. The molecule has 1 N–H and O–H groups in total. The molecular weight excluding hydrogens is 316 g/mol. The van der Waals surface area contributed by atoms with E-state index in [9.17, 15) is 5.11 Å². The number of benzene rings is 2. The van der Waals surface area contributed by atoms with Gasteiger partial charge in [-0.3, -0.25) is 0 Å². The van der Waals surface area contributed by atoms with Crippen molar-refractivity contribution in [3.8, 4) is 0 Å². The van der Waals surface area contributed by atoms with Gasteiger partial charge in [-0.1, -0.05) is 81.4 Å². The SMILES string of the molecule is CC(C)(C)[Si](OC[C@@H]1O[C@@]1(C)O)(c1ccccc1)c1ccccc1. The predicted octanol–water partition coefficient (Wildman–Crippen LogP) is 2.67.